The number of carbonyl (C=O) groups excluding carboxylic acids is 2. The van der Waals surface area contributed by atoms with Crippen LogP contribution in [0.1, 0.15) is 34.0 Å². The number of aromatic nitrogens is 2. The van der Waals surface area contributed by atoms with Gasteiger partial charge in [0.2, 0.25) is 5.91 Å². The molecule has 3 N–H and O–H groups in total. The van der Waals surface area contributed by atoms with Crippen LogP contribution in [0.4, 0.5) is 11.5 Å². The van der Waals surface area contributed by atoms with Crippen molar-refractivity contribution >= 4 is 23.3 Å². The Balaban J connectivity index is 1.63. The van der Waals surface area contributed by atoms with Crippen molar-refractivity contribution in [2.75, 3.05) is 50.5 Å². The monoisotopic (exact) mass is 368 g/mol. The molecule has 1 saturated heterocycles. The van der Waals surface area contributed by atoms with Crippen LogP contribution >= 0.6 is 0 Å². The summed E-state index contributed by atoms with van der Waals surface area (Å²) in [6, 6.07) is 8.32. The van der Waals surface area contributed by atoms with E-state index >= 15 is 0 Å². The highest BCUT2D eigenvalue weighted by Crippen LogP contribution is 2.38. The van der Waals surface area contributed by atoms with Crippen molar-refractivity contribution < 1.29 is 9.59 Å². The number of piperazine rings is 1. The second kappa shape index (κ2) is 7.03. The zero-order valence-electron chi connectivity index (χ0n) is 15.6. The summed E-state index contributed by atoms with van der Waals surface area (Å²) in [6.07, 6.45) is 0.296. The number of rotatable bonds is 3. The number of anilines is 2. The van der Waals surface area contributed by atoms with Gasteiger partial charge in [-0.1, -0.05) is 12.1 Å². The lowest BCUT2D eigenvalue weighted by Gasteiger charge is -2.34. The molecule has 1 fully saturated rings. The van der Waals surface area contributed by atoms with Gasteiger partial charge in [-0.15, -0.1) is 0 Å². The quantitative estimate of drug-likeness (QED) is 0.751. The SMILES string of the molecule is CNC(=O)c1[nH]nc2c1C(c1ccc(N3CCN(C)CC3)cc1)CC(=O)N2. The van der Waals surface area contributed by atoms with Gasteiger partial charge in [-0.05, 0) is 24.7 Å². The van der Waals surface area contributed by atoms with Crippen molar-refractivity contribution in [2.45, 2.75) is 12.3 Å². The summed E-state index contributed by atoms with van der Waals surface area (Å²) >= 11 is 0. The Morgan fingerprint density at radius 1 is 1.19 bits per heavy atom. The van der Waals surface area contributed by atoms with Crippen LogP contribution in [0.15, 0.2) is 24.3 Å². The van der Waals surface area contributed by atoms with Crippen LogP contribution in [0.25, 0.3) is 0 Å². The maximum Gasteiger partial charge on any atom is 0.269 e. The molecule has 2 amide bonds. The summed E-state index contributed by atoms with van der Waals surface area (Å²) in [5, 5.41) is 12.3. The number of carbonyl (C=O) groups is 2. The molecule has 1 aromatic carbocycles. The van der Waals surface area contributed by atoms with Gasteiger partial charge in [-0.3, -0.25) is 14.7 Å². The first-order valence-corrected chi connectivity index (χ1v) is 9.20. The molecule has 0 radical (unpaired) electrons. The third kappa shape index (κ3) is 3.28. The minimum Gasteiger partial charge on any atom is -0.369 e. The molecule has 0 bridgehead atoms. The number of nitrogens with zero attached hydrogens (tertiary/aromatic N) is 3. The van der Waals surface area contributed by atoms with E-state index in [4.69, 9.17) is 0 Å². The molecular formula is C19H24N6O2. The van der Waals surface area contributed by atoms with Gasteiger partial charge in [0.15, 0.2) is 5.82 Å². The number of hydrogen-bond donors (Lipinski definition) is 3. The molecule has 8 heteroatoms. The number of benzene rings is 1. The molecule has 8 nitrogen and oxygen atoms in total. The summed E-state index contributed by atoms with van der Waals surface area (Å²) in [4.78, 5) is 29.0. The molecule has 142 valence electrons. The molecule has 0 spiro atoms. The predicted molar refractivity (Wildman–Crippen MR) is 103 cm³/mol. The Labute approximate surface area is 157 Å². The van der Waals surface area contributed by atoms with E-state index in [0.29, 0.717) is 17.9 Å². The first kappa shape index (κ1) is 17.5. The molecule has 2 aliphatic heterocycles. The molecule has 2 aliphatic rings. The molecule has 0 aliphatic carbocycles. The van der Waals surface area contributed by atoms with Crippen molar-refractivity contribution in [2.24, 2.45) is 0 Å². The Hall–Kier alpha value is -2.87. The summed E-state index contributed by atoms with van der Waals surface area (Å²) in [5.41, 5.74) is 3.35. The standard InChI is InChI=1S/C19H24N6O2/c1-20-19(27)17-16-14(11-15(26)21-18(16)23-22-17)12-3-5-13(6-4-12)25-9-7-24(2)8-10-25/h3-6,14H,7-11H2,1-2H3,(H,20,27)(H2,21,22,23,26). The molecule has 1 unspecified atom stereocenters. The first-order valence-electron chi connectivity index (χ1n) is 9.20. The van der Waals surface area contributed by atoms with Crippen LogP contribution < -0.4 is 15.5 Å². The second-order valence-electron chi connectivity index (χ2n) is 7.13. The van der Waals surface area contributed by atoms with Gasteiger partial charge in [0, 0.05) is 56.8 Å². The molecule has 2 aromatic rings. The fraction of sp³-hybridized carbons (Fsp3) is 0.421. The van der Waals surface area contributed by atoms with Gasteiger partial charge in [-0.2, -0.15) is 5.10 Å². The minimum atomic E-state index is -0.237. The minimum absolute atomic E-state index is 0.0920. The fourth-order valence-corrected chi connectivity index (χ4v) is 3.82. The van der Waals surface area contributed by atoms with Crippen LogP contribution in [-0.4, -0.2) is 67.2 Å². The van der Waals surface area contributed by atoms with E-state index in [2.05, 4.69) is 61.9 Å². The summed E-state index contributed by atoms with van der Waals surface area (Å²) in [7, 11) is 3.72. The van der Waals surface area contributed by atoms with Crippen LogP contribution in [0.5, 0.6) is 0 Å². The smallest absolute Gasteiger partial charge is 0.269 e. The third-order valence-electron chi connectivity index (χ3n) is 5.42. The third-order valence-corrected chi connectivity index (χ3v) is 5.42. The van der Waals surface area contributed by atoms with E-state index in [1.54, 1.807) is 7.05 Å². The number of hydrogen-bond acceptors (Lipinski definition) is 5. The van der Waals surface area contributed by atoms with Crippen molar-refractivity contribution in [1.82, 2.24) is 20.4 Å². The molecule has 3 heterocycles. The Morgan fingerprint density at radius 2 is 1.89 bits per heavy atom. The molecule has 1 atom stereocenters. The van der Waals surface area contributed by atoms with Crippen molar-refractivity contribution in [3.8, 4) is 0 Å². The molecule has 4 rings (SSSR count). The number of nitrogens with one attached hydrogen (secondary N) is 3. The van der Waals surface area contributed by atoms with E-state index in [-0.39, 0.29) is 17.7 Å². The molecular weight excluding hydrogens is 344 g/mol. The summed E-state index contributed by atoms with van der Waals surface area (Å²) in [5.74, 6) is -0.0797. The first-order chi connectivity index (χ1) is 13.1. The van der Waals surface area contributed by atoms with Gasteiger partial charge < -0.3 is 20.4 Å². The zero-order valence-corrected chi connectivity index (χ0v) is 15.6. The molecule has 0 saturated carbocycles. The summed E-state index contributed by atoms with van der Waals surface area (Å²) in [6.45, 7) is 4.12. The maximum absolute atomic E-state index is 12.2. The van der Waals surface area contributed by atoms with Gasteiger partial charge in [0.05, 0.1) is 0 Å². The zero-order chi connectivity index (χ0) is 19.0. The lowest BCUT2D eigenvalue weighted by molar-refractivity contribution is -0.116. The highest BCUT2D eigenvalue weighted by molar-refractivity contribution is 6.00. The average Bonchev–Trinajstić information content (AvgIpc) is 3.11. The van der Waals surface area contributed by atoms with Crippen molar-refractivity contribution in [1.29, 1.82) is 0 Å². The lowest BCUT2D eigenvalue weighted by Crippen LogP contribution is -2.44. The highest BCUT2D eigenvalue weighted by Gasteiger charge is 2.33. The van der Waals surface area contributed by atoms with Crippen LogP contribution in [0.2, 0.25) is 0 Å². The maximum atomic E-state index is 12.2. The largest absolute Gasteiger partial charge is 0.369 e. The van der Waals surface area contributed by atoms with Gasteiger partial charge in [-0.25, -0.2) is 0 Å². The number of aromatic amines is 1. The second-order valence-corrected chi connectivity index (χ2v) is 7.13. The van der Waals surface area contributed by atoms with Crippen molar-refractivity contribution in [3.63, 3.8) is 0 Å². The van der Waals surface area contributed by atoms with Gasteiger partial charge >= 0.3 is 0 Å². The van der Waals surface area contributed by atoms with E-state index in [0.717, 1.165) is 37.3 Å². The van der Waals surface area contributed by atoms with E-state index in [1.807, 2.05) is 0 Å². The van der Waals surface area contributed by atoms with E-state index < -0.39 is 0 Å². The number of fused-ring (bicyclic) bond motifs is 1. The molecule has 27 heavy (non-hydrogen) atoms. The van der Waals surface area contributed by atoms with Crippen LogP contribution in [-0.2, 0) is 4.79 Å². The van der Waals surface area contributed by atoms with Crippen LogP contribution in [0, 0.1) is 0 Å². The van der Waals surface area contributed by atoms with Gasteiger partial charge in [0.25, 0.3) is 5.91 Å². The normalized spacial score (nSPS) is 20.1. The fourth-order valence-electron chi connectivity index (χ4n) is 3.82. The van der Waals surface area contributed by atoms with Crippen LogP contribution in [0.3, 0.4) is 0 Å². The lowest BCUT2D eigenvalue weighted by atomic mass is 9.85. The Bertz CT molecular complexity index is 852. The Morgan fingerprint density at radius 3 is 2.56 bits per heavy atom. The van der Waals surface area contributed by atoms with Crippen molar-refractivity contribution in [3.05, 3.63) is 41.1 Å². The highest BCUT2D eigenvalue weighted by atomic mass is 16.2. The number of likely N-dealkylation sites (N-methyl/N-ethyl adjacent to an activating group) is 1. The van der Waals surface area contributed by atoms with E-state index in [9.17, 15) is 9.59 Å². The number of H-pyrrole nitrogens is 1. The summed E-state index contributed by atoms with van der Waals surface area (Å²) < 4.78 is 0. The Kier molecular flexibility index (Phi) is 4.57. The van der Waals surface area contributed by atoms with E-state index in [1.165, 1.54) is 5.69 Å². The molecule has 1 aromatic heterocycles. The van der Waals surface area contributed by atoms with Gasteiger partial charge in [0.1, 0.15) is 5.69 Å². The predicted octanol–water partition coefficient (Wildman–Crippen LogP) is 0.995. The average molecular weight is 368 g/mol. The number of amides is 2. The topological polar surface area (TPSA) is 93.4 Å².